The first kappa shape index (κ1) is 97.2. The van der Waals surface area contributed by atoms with Gasteiger partial charge in [0.25, 0.3) is 23.6 Å². The molecule has 8 amide bonds. The Balaban J connectivity index is 0.000000190. The summed E-state index contributed by atoms with van der Waals surface area (Å²) in [7, 11) is 6.48. The molecule has 0 saturated carbocycles. The van der Waals surface area contributed by atoms with Crippen molar-refractivity contribution < 1.29 is 116 Å². The van der Waals surface area contributed by atoms with Crippen molar-refractivity contribution in [3.63, 3.8) is 0 Å². The number of nitrogens with one attached hydrogen (secondary N) is 8. The molecule has 4 aliphatic heterocycles. The zero-order valence-electron chi connectivity index (χ0n) is 70.6. The van der Waals surface area contributed by atoms with E-state index in [9.17, 15) is 38.4 Å². The number of hydrogen-bond donors (Lipinski definition) is 16. The van der Waals surface area contributed by atoms with Gasteiger partial charge in [0.1, 0.15) is 84.6 Å². The molecule has 0 spiro atoms. The number of hydrogen-bond acceptors (Lipinski definition) is 28. The van der Waals surface area contributed by atoms with Crippen molar-refractivity contribution in [2.24, 2.45) is 22.9 Å². The second kappa shape index (κ2) is 51.0. The summed E-state index contributed by atoms with van der Waals surface area (Å²) in [6.45, 7) is 2.43. The molecule has 36 heteroatoms. The lowest BCUT2D eigenvalue weighted by atomic mass is 10.0. The largest absolute Gasteiger partial charge is 0.497 e. The highest BCUT2D eigenvalue weighted by Crippen LogP contribution is 2.33. The van der Waals surface area contributed by atoms with Crippen LogP contribution in [0.3, 0.4) is 0 Å². The minimum absolute atomic E-state index is 0.117. The highest BCUT2D eigenvalue weighted by atomic mass is 16.5. The van der Waals surface area contributed by atoms with Crippen LogP contribution >= 0.6 is 0 Å². The molecule has 0 aliphatic carbocycles. The number of aryl methyl sites for hydroxylation is 4. The average Bonchev–Trinajstić information content (AvgIpc) is 0.849. The van der Waals surface area contributed by atoms with Gasteiger partial charge in [-0.2, -0.15) is 0 Å². The van der Waals surface area contributed by atoms with Crippen molar-refractivity contribution in [2.45, 2.75) is 165 Å². The van der Waals surface area contributed by atoms with Crippen LogP contribution in [-0.4, -0.2) is 172 Å². The molecule has 8 bridgehead atoms. The SMILES string of the molecule is COc1cc2cc(c1)COc1ccccc1NC(=O)[C@H](C[C@@H](N)CC(=O)NO)OCCC2.COc1cc2cc(c1)COc1ccccc1NC(=O)[C@H](C[C@H](N)CC(=O)NO)OCCC2.COc1cc2cc(c1)COc1ccccc1NC(=O)[C@H]([C@@H](N)CC(=O)NO)OCCC2.COc1cc2cc(c1)COc1ccccc1NC(=O)[C@H]([C@H](N)CC(=O)NO)OCCC2. The van der Waals surface area contributed by atoms with Crippen LogP contribution in [0.1, 0.15) is 109 Å². The maximum absolute atomic E-state index is 13.0. The van der Waals surface area contributed by atoms with Gasteiger partial charge >= 0.3 is 0 Å². The molecule has 0 aromatic heterocycles. The van der Waals surface area contributed by atoms with E-state index in [1.807, 2.05) is 72.8 Å². The summed E-state index contributed by atoms with van der Waals surface area (Å²) in [5.41, 5.74) is 40.3. The number of carbonyl (C=O) groups is 8. The van der Waals surface area contributed by atoms with Crippen molar-refractivity contribution >= 4 is 70.0 Å². The summed E-state index contributed by atoms with van der Waals surface area (Å²) in [4.78, 5) is 97.7. The topological polar surface area (TPSA) is 529 Å². The maximum atomic E-state index is 13.0. The van der Waals surface area contributed by atoms with Gasteiger partial charge in [-0.3, -0.25) is 59.2 Å². The summed E-state index contributed by atoms with van der Waals surface area (Å²) in [6, 6.07) is 48.8. The Morgan fingerprint density at radius 1 is 0.349 bits per heavy atom. The molecule has 4 heterocycles. The van der Waals surface area contributed by atoms with Crippen LogP contribution in [0.2, 0.25) is 0 Å². The fourth-order valence-corrected chi connectivity index (χ4v) is 13.8. The smallest absolute Gasteiger partial charge is 0.255 e. The number of amides is 8. The van der Waals surface area contributed by atoms with E-state index in [2.05, 4.69) is 33.4 Å². The monoisotopic (exact) mass is 1740 g/mol. The Morgan fingerprint density at radius 3 is 0.849 bits per heavy atom. The maximum Gasteiger partial charge on any atom is 0.255 e. The highest BCUT2D eigenvalue weighted by molar-refractivity contribution is 5.98. The predicted octanol–water partition coefficient (Wildman–Crippen LogP) is 7.85. The zero-order valence-corrected chi connectivity index (χ0v) is 70.6. The first-order chi connectivity index (χ1) is 60.9. The summed E-state index contributed by atoms with van der Waals surface area (Å²) in [6.07, 6.45) is 0.997. The molecule has 20 N–H and O–H groups in total. The number of para-hydroxylation sites is 8. The Hall–Kier alpha value is -12.6. The normalized spacial score (nSPS) is 17.8. The summed E-state index contributed by atoms with van der Waals surface area (Å²) in [5, 5.41) is 46.2. The highest BCUT2D eigenvalue weighted by Gasteiger charge is 2.33. The van der Waals surface area contributed by atoms with Crippen molar-refractivity contribution in [3.05, 3.63) is 214 Å². The number of methoxy groups -OCH3 is 4. The Morgan fingerprint density at radius 2 is 0.587 bits per heavy atom. The third-order valence-corrected chi connectivity index (χ3v) is 20.0. The summed E-state index contributed by atoms with van der Waals surface area (Å²) in [5.74, 6) is 0.606. The van der Waals surface area contributed by atoms with Crippen LogP contribution < -0.4 is 104 Å². The van der Waals surface area contributed by atoms with E-state index < -0.39 is 84.0 Å². The van der Waals surface area contributed by atoms with Crippen molar-refractivity contribution in [1.82, 2.24) is 21.9 Å². The molecule has 12 rings (SSSR count). The van der Waals surface area contributed by atoms with Crippen LogP contribution in [0.4, 0.5) is 22.7 Å². The first-order valence-electron chi connectivity index (χ1n) is 40.9. The van der Waals surface area contributed by atoms with Gasteiger partial charge in [0.05, 0.1) is 51.2 Å². The molecule has 8 aromatic rings. The molecule has 676 valence electrons. The van der Waals surface area contributed by atoms with Crippen LogP contribution in [0.5, 0.6) is 46.0 Å². The fraction of sp³-hybridized carbons (Fsp3) is 0.378. The van der Waals surface area contributed by atoms with Crippen molar-refractivity contribution in [3.8, 4) is 46.0 Å². The van der Waals surface area contributed by atoms with Gasteiger partial charge in [0.2, 0.25) is 23.6 Å². The standard InChI is InChI=1S/2C23H29N3O6.2C22H27N3O6/c2*1-30-18-10-15-5-4-8-31-21(12-17(24)13-22(27)26-29)23(28)25-19-6-2-3-7-20(19)32-14-16(9-15)11-18;2*1-29-16-10-14-5-4-8-30-21(17(23)12-20(26)25-28)22(27)24-18-6-2-3-7-19(18)31-13-15(9-14)11-16/h2*2-3,6-7,9-11,17,21,29H,4-5,8,12-14,24H2,1H3,(H,25,28)(H,26,27);2*2-3,6-7,9-11,17,21,28H,4-5,8,12-13,23H2,1H3,(H,24,27)(H,25,26)/t17-,21+;17-,21-;17-,21+;17-,21-/m1010/s1. The van der Waals surface area contributed by atoms with Gasteiger partial charge in [0.15, 0.2) is 12.2 Å². The Labute approximate surface area is 729 Å². The fourth-order valence-electron chi connectivity index (χ4n) is 13.8. The number of carbonyl (C=O) groups excluding carboxylic acids is 8. The molecule has 126 heavy (non-hydrogen) atoms. The molecule has 0 radical (unpaired) electrons. The van der Waals surface area contributed by atoms with E-state index in [-0.39, 0.29) is 63.6 Å². The van der Waals surface area contributed by atoms with Crippen LogP contribution in [-0.2, 0) is 109 Å². The van der Waals surface area contributed by atoms with Crippen LogP contribution in [0.15, 0.2) is 170 Å². The van der Waals surface area contributed by atoms with E-state index in [1.54, 1.807) is 124 Å². The average molecular weight is 1750 g/mol. The quantitative estimate of drug-likeness (QED) is 0.0287. The number of hydroxylamine groups is 4. The van der Waals surface area contributed by atoms with E-state index >= 15 is 0 Å². The third kappa shape index (κ3) is 31.6. The first-order valence-corrected chi connectivity index (χ1v) is 40.9. The van der Waals surface area contributed by atoms with Gasteiger partial charge < -0.3 is 101 Å². The molecule has 36 nitrogen and oxygen atoms in total. The number of nitrogens with two attached hydrogens (primary N) is 4. The molecule has 8 atom stereocenters. The lowest BCUT2D eigenvalue weighted by Crippen LogP contribution is -2.47. The number of fused-ring (bicyclic) bond motifs is 12. The summed E-state index contributed by atoms with van der Waals surface area (Å²) >= 11 is 0. The van der Waals surface area contributed by atoms with E-state index in [1.165, 1.54) is 11.0 Å². The molecule has 8 aromatic carbocycles. The van der Waals surface area contributed by atoms with Gasteiger partial charge in [-0.05, 0) is 206 Å². The number of anilines is 4. The number of ether oxygens (including phenoxy) is 12. The number of rotatable bonds is 18. The zero-order chi connectivity index (χ0) is 90.3. The molecular weight excluding hydrogens is 1630 g/mol. The van der Waals surface area contributed by atoms with Gasteiger partial charge in [0, 0.05) is 76.3 Å². The van der Waals surface area contributed by atoms with E-state index in [0.717, 1.165) is 80.3 Å². The van der Waals surface area contributed by atoms with Crippen LogP contribution in [0, 0.1) is 0 Å². The molecule has 4 aliphatic rings. The van der Waals surface area contributed by atoms with Crippen LogP contribution in [0.25, 0.3) is 0 Å². The van der Waals surface area contributed by atoms with Crippen molar-refractivity contribution in [2.75, 3.05) is 76.1 Å². The van der Waals surface area contributed by atoms with Gasteiger partial charge in [-0.15, -0.1) is 0 Å². The van der Waals surface area contributed by atoms with Crippen molar-refractivity contribution in [1.29, 1.82) is 0 Å². The lowest BCUT2D eigenvalue weighted by molar-refractivity contribution is -0.134. The van der Waals surface area contributed by atoms with E-state index in [0.29, 0.717) is 124 Å². The minimum atomic E-state index is -1.09. The molecule has 0 unspecified atom stereocenters. The van der Waals surface area contributed by atoms with Gasteiger partial charge in [-0.1, -0.05) is 72.8 Å². The van der Waals surface area contributed by atoms with E-state index in [4.69, 9.17) is 101 Å². The Bertz CT molecular complexity index is 4610. The second-order valence-corrected chi connectivity index (χ2v) is 29.8. The molecule has 0 saturated heterocycles. The predicted molar refractivity (Wildman–Crippen MR) is 461 cm³/mol. The number of benzene rings is 8. The van der Waals surface area contributed by atoms with Gasteiger partial charge in [-0.25, -0.2) is 21.9 Å². The molecule has 0 fully saturated rings. The minimum Gasteiger partial charge on any atom is -0.497 e. The second-order valence-electron chi connectivity index (χ2n) is 29.8. The Kier molecular flexibility index (Phi) is 39.4. The lowest BCUT2D eigenvalue weighted by Gasteiger charge is -2.24. The summed E-state index contributed by atoms with van der Waals surface area (Å²) < 4.78 is 68.8. The third-order valence-electron chi connectivity index (χ3n) is 20.0. The molecular formula is C90H112N12O24.